The Morgan fingerprint density at radius 1 is 1.10 bits per heavy atom. The van der Waals surface area contributed by atoms with Gasteiger partial charge in [-0.15, -0.1) is 0 Å². The number of aromatic nitrogens is 1. The molecule has 6 heteroatoms. The summed E-state index contributed by atoms with van der Waals surface area (Å²) in [5.41, 5.74) is 6.08. The molecule has 0 aliphatic heterocycles. The van der Waals surface area contributed by atoms with Crippen LogP contribution in [0.5, 0.6) is 0 Å². The summed E-state index contributed by atoms with van der Waals surface area (Å²) < 4.78 is 0. The fraction of sp³-hybridized carbons (Fsp3) is 0.240. The SMILES string of the molecule is Cc1cc(C/C(=N\O)[C@H](c2ccc(C(=O)NCCO)cc2)c2ccccc2C)ccn1. The smallest absolute Gasteiger partial charge is 0.251 e. The molecule has 0 aliphatic rings. The Hall–Kier alpha value is -3.51. The van der Waals surface area contributed by atoms with Crippen LogP contribution in [-0.2, 0) is 6.42 Å². The van der Waals surface area contributed by atoms with Crippen LogP contribution in [0.3, 0.4) is 0 Å². The lowest BCUT2D eigenvalue weighted by atomic mass is 9.82. The highest BCUT2D eigenvalue weighted by Gasteiger charge is 2.23. The van der Waals surface area contributed by atoms with E-state index in [-0.39, 0.29) is 25.0 Å². The first-order valence-electron chi connectivity index (χ1n) is 10.2. The first kappa shape index (κ1) is 22.2. The molecular weight excluding hydrogens is 390 g/mol. The summed E-state index contributed by atoms with van der Waals surface area (Å²) >= 11 is 0. The molecule has 0 bridgehead atoms. The van der Waals surface area contributed by atoms with Crippen molar-refractivity contribution in [2.45, 2.75) is 26.2 Å². The Morgan fingerprint density at radius 3 is 2.48 bits per heavy atom. The van der Waals surface area contributed by atoms with Crippen molar-refractivity contribution >= 4 is 11.6 Å². The summed E-state index contributed by atoms with van der Waals surface area (Å²) in [5.74, 6) is -0.509. The van der Waals surface area contributed by atoms with Gasteiger partial charge in [0, 0.05) is 30.4 Å². The molecule has 160 valence electrons. The van der Waals surface area contributed by atoms with Crippen LogP contribution in [0.4, 0.5) is 0 Å². The summed E-state index contributed by atoms with van der Waals surface area (Å²) in [6.07, 6.45) is 2.22. The Kier molecular flexibility index (Phi) is 7.51. The number of rotatable bonds is 8. The van der Waals surface area contributed by atoms with Gasteiger partial charge in [0.1, 0.15) is 0 Å². The molecule has 3 aromatic rings. The first-order valence-corrected chi connectivity index (χ1v) is 10.2. The number of nitrogens with one attached hydrogen (secondary N) is 1. The van der Waals surface area contributed by atoms with E-state index in [2.05, 4.69) is 15.5 Å². The minimum absolute atomic E-state index is 0.107. The number of aliphatic hydroxyl groups excluding tert-OH is 1. The number of carbonyl (C=O) groups excluding carboxylic acids is 1. The third-order valence-electron chi connectivity index (χ3n) is 5.21. The van der Waals surface area contributed by atoms with Crippen molar-refractivity contribution in [2.75, 3.05) is 13.2 Å². The maximum Gasteiger partial charge on any atom is 0.251 e. The summed E-state index contributed by atoms with van der Waals surface area (Å²) in [5, 5.41) is 25.2. The van der Waals surface area contributed by atoms with Crippen molar-refractivity contribution in [1.29, 1.82) is 0 Å². The van der Waals surface area contributed by atoms with Crippen LogP contribution in [0, 0.1) is 13.8 Å². The molecule has 6 nitrogen and oxygen atoms in total. The fourth-order valence-corrected chi connectivity index (χ4v) is 3.68. The largest absolute Gasteiger partial charge is 0.411 e. The highest BCUT2D eigenvalue weighted by atomic mass is 16.4. The topological polar surface area (TPSA) is 94.8 Å². The standard InChI is InChI=1S/C25H27N3O3/c1-17-5-3-4-6-22(17)24(23(28-31)16-19-11-12-26-18(2)15-19)20-7-9-21(10-8-20)25(30)27-13-14-29/h3-12,15,24,29,31H,13-14,16H2,1-2H3,(H,27,30)/b28-23+/t24-/m1/s1. The summed E-state index contributed by atoms with van der Waals surface area (Å²) in [6.45, 7) is 4.06. The van der Waals surface area contributed by atoms with Crippen molar-refractivity contribution in [3.63, 3.8) is 0 Å². The highest BCUT2D eigenvalue weighted by Crippen LogP contribution is 2.30. The molecule has 1 heterocycles. The van der Waals surface area contributed by atoms with Crippen LogP contribution in [0.2, 0.25) is 0 Å². The zero-order chi connectivity index (χ0) is 22.2. The van der Waals surface area contributed by atoms with Crippen LogP contribution in [0.15, 0.2) is 72.0 Å². The van der Waals surface area contributed by atoms with Gasteiger partial charge in [0.25, 0.3) is 5.91 Å². The minimum atomic E-state index is -0.269. The lowest BCUT2D eigenvalue weighted by Gasteiger charge is -2.22. The van der Waals surface area contributed by atoms with Crippen LogP contribution < -0.4 is 5.32 Å². The first-order chi connectivity index (χ1) is 15.0. The van der Waals surface area contributed by atoms with Crippen molar-refractivity contribution < 1.29 is 15.1 Å². The number of aryl methyl sites for hydroxylation is 2. The molecule has 3 N–H and O–H groups in total. The third kappa shape index (κ3) is 5.55. The van der Waals surface area contributed by atoms with Crippen molar-refractivity contribution in [3.8, 4) is 0 Å². The van der Waals surface area contributed by atoms with Crippen molar-refractivity contribution in [1.82, 2.24) is 10.3 Å². The van der Waals surface area contributed by atoms with E-state index < -0.39 is 0 Å². The predicted molar refractivity (Wildman–Crippen MR) is 121 cm³/mol. The molecule has 0 saturated heterocycles. The van der Waals surface area contributed by atoms with Crippen molar-refractivity contribution in [2.24, 2.45) is 5.16 Å². The number of aliphatic hydroxyl groups is 1. The molecule has 0 spiro atoms. The number of nitrogens with zero attached hydrogens (tertiary/aromatic N) is 2. The van der Waals surface area contributed by atoms with Gasteiger partial charge < -0.3 is 15.6 Å². The Labute approximate surface area is 182 Å². The fourth-order valence-electron chi connectivity index (χ4n) is 3.68. The zero-order valence-corrected chi connectivity index (χ0v) is 17.7. The van der Waals surface area contributed by atoms with Crippen LogP contribution in [0.25, 0.3) is 0 Å². The van der Waals surface area contributed by atoms with E-state index in [1.165, 1.54) is 0 Å². The molecule has 31 heavy (non-hydrogen) atoms. The van der Waals surface area contributed by atoms with E-state index in [1.807, 2.05) is 62.4 Å². The van der Waals surface area contributed by atoms with E-state index in [0.717, 1.165) is 27.9 Å². The molecule has 0 aliphatic carbocycles. The van der Waals surface area contributed by atoms with Gasteiger partial charge in [0.15, 0.2) is 0 Å². The van der Waals surface area contributed by atoms with Crippen LogP contribution >= 0.6 is 0 Å². The van der Waals surface area contributed by atoms with Gasteiger partial charge in [-0.05, 0) is 60.4 Å². The van der Waals surface area contributed by atoms with Gasteiger partial charge >= 0.3 is 0 Å². The molecule has 0 unspecified atom stereocenters. The van der Waals surface area contributed by atoms with Crippen LogP contribution in [0.1, 0.15) is 44.2 Å². The molecule has 2 aromatic carbocycles. The van der Waals surface area contributed by atoms with Gasteiger partial charge in [-0.3, -0.25) is 9.78 Å². The number of pyridine rings is 1. The number of carbonyl (C=O) groups is 1. The van der Waals surface area contributed by atoms with Gasteiger partial charge in [0.2, 0.25) is 0 Å². The zero-order valence-electron chi connectivity index (χ0n) is 17.7. The molecule has 0 saturated carbocycles. The Bertz CT molecular complexity index is 1060. The molecule has 0 radical (unpaired) electrons. The van der Waals surface area contributed by atoms with Gasteiger partial charge in [-0.2, -0.15) is 0 Å². The van der Waals surface area contributed by atoms with E-state index >= 15 is 0 Å². The number of oxime groups is 1. The van der Waals surface area contributed by atoms with E-state index in [9.17, 15) is 10.0 Å². The number of amides is 1. The van der Waals surface area contributed by atoms with E-state index in [4.69, 9.17) is 5.11 Å². The van der Waals surface area contributed by atoms with Crippen LogP contribution in [-0.4, -0.2) is 40.1 Å². The molecule has 0 fully saturated rings. The number of hydrogen-bond acceptors (Lipinski definition) is 5. The Morgan fingerprint density at radius 2 is 1.84 bits per heavy atom. The summed E-state index contributed by atoms with van der Waals surface area (Å²) in [6, 6.07) is 19.2. The normalized spacial score (nSPS) is 12.4. The maximum atomic E-state index is 12.2. The average molecular weight is 418 g/mol. The van der Waals surface area contributed by atoms with E-state index in [0.29, 0.717) is 17.7 Å². The summed E-state index contributed by atoms with van der Waals surface area (Å²) in [7, 11) is 0. The summed E-state index contributed by atoms with van der Waals surface area (Å²) in [4.78, 5) is 16.4. The molecule has 1 amide bonds. The minimum Gasteiger partial charge on any atom is -0.411 e. The second-order valence-electron chi connectivity index (χ2n) is 7.46. The number of benzene rings is 2. The Balaban J connectivity index is 1.99. The molecule has 1 aromatic heterocycles. The lowest BCUT2D eigenvalue weighted by molar-refractivity contribution is 0.0944. The lowest BCUT2D eigenvalue weighted by Crippen LogP contribution is -2.26. The van der Waals surface area contributed by atoms with Gasteiger partial charge in [0.05, 0.1) is 18.2 Å². The maximum absolute atomic E-state index is 12.2. The predicted octanol–water partition coefficient (Wildman–Crippen LogP) is 3.63. The van der Waals surface area contributed by atoms with Crippen molar-refractivity contribution in [3.05, 3.63) is 100 Å². The molecular formula is C25H27N3O3. The second-order valence-corrected chi connectivity index (χ2v) is 7.46. The highest BCUT2D eigenvalue weighted by molar-refractivity contribution is 5.96. The second kappa shape index (κ2) is 10.5. The average Bonchev–Trinajstić information content (AvgIpc) is 2.78. The van der Waals surface area contributed by atoms with Gasteiger partial charge in [-0.1, -0.05) is 41.6 Å². The number of hydrogen-bond donors (Lipinski definition) is 3. The molecule has 1 atom stereocenters. The third-order valence-corrected chi connectivity index (χ3v) is 5.21. The monoisotopic (exact) mass is 417 g/mol. The quantitative estimate of drug-likeness (QED) is 0.296. The molecule has 3 rings (SSSR count). The van der Waals surface area contributed by atoms with E-state index in [1.54, 1.807) is 18.3 Å². The van der Waals surface area contributed by atoms with Gasteiger partial charge in [-0.25, -0.2) is 0 Å².